The highest BCUT2D eigenvalue weighted by Gasteiger charge is 2.18. The molecule has 2 atom stereocenters. The Labute approximate surface area is 117 Å². The quantitative estimate of drug-likeness (QED) is 0.883. The van der Waals surface area contributed by atoms with Crippen LogP contribution in [0.25, 0.3) is 0 Å². The lowest BCUT2D eigenvalue weighted by Crippen LogP contribution is -2.33. The Balaban J connectivity index is 1.83. The van der Waals surface area contributed by atoms with Gasteiger partial charge < -0.3 is 10.2 Å². The molecule has 0 aliphatic carbocycles. The Bertz CT molecular complexity index is 352. The summed E-state index contributed by atoms with van der Waals surface area (Å²) in [5.74, 6) is 0. The number of hydrogen-bond acceptors (Lipinski definition) is 3. The average Bonchev–Trinajstić information content (AvgIpc) is 2.66. The van der Waals surface area contributed by atoms with Crippen LogP contribution in [0.2, 0.25) is 0 Å². The van der Waals surface area contributed by atoms with Gasteiger partial charge in [-0.15, -0.1) is 0 Å². The van der Waals surface area contributed by atoms with Gasteiger partial charge in [0.05, 0.1) is 5.69 Å². The molecule has 2 unspecified atom stereocenters. The molecule has 1 aliphatic heterocycles. The fourth-order valence-corrected chi connectivity index (χ4v) is 2.93. The molecule has 0 aromatic carbocycles. The minimum absolute atomic E-state index is 0.351. The largest absolute Gasteiger partial charge is 0.306 e. The number of hydrogen-bond donors (Lipinski definition) is 1. The van der Waals surface area contributed by atoms with Gasteiger partial charge in [-0.1, -0.05) is 13.0 Å². The van der Waals surface area contributed by atoms with Crippen LogP contribution in [0.1, 0.15) is 51.3 Å². The first kappa shape index (κ1) is 14.5. The summed E-state index contributed by atoms with van der Waals surface area (Å²) in [4.78, 5) is 7.04. The topological polar surface area (TPSA) is 28.2 Å². The van der Waals surface area contributed by atoms with E-state index >= 15 is 0 Å². The van der Waals surface area contributed by atoms with Crippen LogP contribution >= 0.6 is 0 Å². The molecule has 3 nitrogen and oxygen atoms in total. The van der Waals surface area contributed by atoms with E-state index in [1.165, 1.54) is 45.3 Å². The van der Waals surface area contributed by atoms with Crippen LogP contribution < -0.4 is 5.32 Å². The van der Waals surface area contributed by atoms with Gasteiger partial charge in [-0.3, -0.25) is 4.98 Å². The fraction of sp³-hybridized carbons (Fsp3) is 0.688. The molecule has 19 heavy (non-hydrogen) atoms. The molecule has 2 rings (SSSR count). The van der Waals surface area contributed by atoms with Gasteiger partial charge in [0.1, 0.15) is 0 Å². The Morgan fingerprint density at radius 1 is 1.37 bits per heavy atom. The van der Waals surface area contributed by atoms with Crippen molar-refractivity contribution in [3.63, 3.8) is 0 Å². The lowest BCUT2D eigenvalue weighted by molar-refractivity contribution is 0.281. The average molecular weight is 261 g/mol. The molecule has 1 aromatic heterocycles. The van der Waals surface area contributed by atoms with Gasteiger partial charge in [-0.05, 0) is 64.4 Å². The normalized spacial score (nSPS) is 22.9. The smallest absolute Gasteiger partial charge is 0.0570 e. The predicted octanol–water partition coefficient (Wildman–Crippen LogP) is 3.00. The number of likely N-dealkylation sites (tertiary alicyclic amines) is 1. The van der Waals surface area contributed by atoms with E-state index in [4.69, 9.17) is 0 Å². The molecule has 106 valence electrons. The van der Waals surface area contributed by atoms with Gasteiger partial charge in [0.2, 0.25) is 0 Å². The Kier molecular flexibility index (Phi) is 5.80. The van der Waals surface area contributed by atoms with Crippen LogP contribution in [-0.2, 0) is 0 Å². The lowest BCUT2D eigenvalue weighted by Gasteiger charge is -2.22. The number of rotatable bonds is 5. The molecule has 0 amide bonds. The molecule has 0 spiro atoms. The second-order valence-corrected chi connectivity index (χ2v) is 5.61. The van der Waals surface area contributed by atoms with Crippen molar-refractivity contribution in [2.24, 2.45) is 0 Å². The number of aromatic nitrogens is 1. The minimum atomic E-state index is 0.351. The van der Waals surface area contributed by atoms with Crippen LogP contribution in [0.5, 0.6) is 0 Å². The van der Waals surface area contributed by atoms with Gasteiger partial charge in [-0.25, -0.2) is 0 Å². The van der Waals surface area contributed by atoms with Crippen molar-refractivity contribution < 1.29 is 0 Å². The molecule has 1 aromatic rings. The zero-order chi connectivity index (χ0) is 13.5. The maximum absolute atomic E-state index is 4.44. The Morgan fingerprint density at radius 2 is 2.26 bits per heavy atom. The summed E-state index contributed by atoms with van der Waals surface area (Å²) in [6.07, 6.45) is 7.01. The molecular formula is C16H27N3. The first-order valence-corrected chi connectivity index (χ1v) is 7.69. The first-order chi connectivity index (χ1) is 9.29. The van der Waals surface area contributed by atoms with Gasteiger partial charge in [0, 0.05) is 18.3 Å². The summed E-state index contributed by atoms with van der Waals surface area (Å²) < 4.78 is 0. The van der Waals surface area contributed by atoms with E-state index in [1.807, 2.05) is 12.3 Å². The van der Waals surface area contributed by atoms with E-state index in [0.29, 0.717) is 12.1 Å². The summed E-state index contributed by atoms with van der Waals surface area (Å²) in [7, 11) is 0. The highest BCUT2D eigenvalue weighted by molar-refractivity contribution is 5.07. The molecule has 2 heterocycles. The fourth-order valence-electron chi connectivity index (χ4n) is 2.93. The molecule has 1 fully saturated rings. The second-order valence-electron chi connectivity index (χ2n) is 5.61. The third-order valence-corrected chi connectivity index (χ3v) is 3.98. The van der Waals surface area contributed by atoms with E-state index < -0.39 is 0 Å². The van der Waals surface area contributed by atoms with Crippen molar-refractivity contribution in [3.8, 4) is 0 Å². The third-order valence-electron chi connectivity index (χ3n) is 3.98. The summed E-state index contributed by atoms with van der Waals surface area (Å²) in [6.45, 7) is 8.24. The van der Waals surface area contributed by atoms with E-state index in [0.717, 1.165) is 5.69 Å². The van der Waals surface area contributed by atoms with Crippen molar-refractivity contribution in [1.82, 2.24) is 15.2 Å². The van der Waals surface area contributed by atoms with Gasteiger partial charge in [0.15, 0.2) is 0 Å². The predicted molar refractivity (Wildman–Crippen MR) is 80.2 cm³/mol. The van der Waals surface area contributed by atoms with Crippen LogP contribution in [0.15, 0.2) is 24.4 Å². The number of nitrogens with zero attached hydrogens (tertiary/aromatic N) is 2. The van der Waals surface area contributed by atoms with Crippen LogP contribution in [0.3, 0.4) is 0 Å². The van der Waals surface area contributed by atoms with Gasteiger partial charge in [-0.2, -0.15) is 0 Å². The maximum Gasteiger partial charge on any atom is 0.0570 e. The number of nitrogens with one attached hydrogen (secondary N) is 1. The zero-order valence-electron chi connectivity index (χ0n) is 12.3. The SMILES string of the molecule is CCCN1CCCC(NC(C)c2ccccn2)CC1. The standard InChI is InChI=1S/C16H27N3/c1-3-11-19-12-6-7-15(9-13-19)18-14(2)16-8-4-5-10-17-16/h4-5,8,10,14-15,18H,3,6-7,9,11-13H2,1-2H3. The lowest BCUT2D eigenvalue weighted by atomic mass is 10.1. The minimum Gasteiger partial charge on any atom is -0.306 e. The molecule has 0 saturated carbocycles. The van der Waals surface area contributed by atoms with Gasteiger partial charge >= 0.3 is 0 Å². The molecule has 3 heteroatoms. The van der Waals surface area contributed by atoms with Gasteiger partial charge in [0.25, 0.3) is 0 Å². The zero-order valence-corrected chi connectivity index (χ0v) is 12.3. The Hall–Kier alpha value is -0.930. The highest BCUT2D eigenvalue weighted by atomic mass is 15.1. The Morgan fingerprint density at radius 3 is 3.00 bits per heavy atom. The summed E-state index contributed by atoms with van der Waals surface area (Å²) in [5.41, 5.74) is 1.15. The third kappa shape index (κ3) is 4.59. The summed E-state index contributed by atoms with van der Waals surface area (Å²) in [5, 5.41) is 3.75. The summed E-state index contributed by atoms with van der Waals surface area (Å²) >= 11 is 0. The van der Waals surface area contributed by atoms with Crippen molar-refractivity contribution in [1.29, 1.82) is 0 Å². The van der Waals surface area contributed by atoms with E-state index in [9.17, 15) is 0 Å². The summed E-state index contributed by atoms with van der Waals surface area (Å²) in [6, 6.07) is 7.14. The first-order valence-electron chi connectivity index (χ1n) is 7.69. The number of pyridine rings is 1. The van der Waals surface area contributed by atoms with Crippen molar-refractivity contribution >= 4 is 0 Å². The second kappa shape index (κ2) is 7.61. The van der Waals surface area contributed by atoms with Crippen molar-refractivity contribution in [3.05, 3.63) is 30.1 Å². The molecule has 1 N–H and O–H groups in total. The van der Waals surface area contributed by atoms with Crippen LogP contribution in [0, 0.1) is 0 Å². The van der Waals surface area contributed by atoms with Crippen molar-refractivity contribution in [2.45, 2.75) is 51.6 Å². The monoisotopic (exact) mass is 261 g/mol. The van der Waals surface area contributed by atoms with Crippen molar-refractivity contribution in [2.75, 3.05) is 19.6 Å². The van der Waals surface area contributed by atoms with E-state index in [-0.39, 0.29) is 0 Å². The molecule has 0 radical (unpaired) electrons. The maximum atomic E-state index is 4.44. The van der Waals surface area contributed by atoms with Crippen LogP contribution in [0.4, 0.5) is 0 Å². The molecule has 1 saturated heterocycles. The molecule has 0 bridgehead atoms. The highest BCUT2D eigenvalue weighted by Crippen LogP contribution is 2.16. The van der Waals surface area contributed by atoms with E-state index in [2.05, 4.69) is 41.2 Å². The molecular weight excluding hydrogens is 234 g/mol. The molecule has 1 aliphatic rings. The van der Waals surface area contributed by atoms with E-state index in [1.54, 1.807) is 0 Å². The van der Waals surface area contributed by atoms with Crippen LogP contribution in [-0.4, -0.2) is 35.6 Å².